The number of ether oxygens (including phenoxy) is 1. The molecule has 1 heterocycles. The highest BCUT2D eigenvalue weighted by atomic mass is 16.6. The Kier molecular flexibility index (Phi) is 2.18. The molecule has 0 unspecified atom stereocenters. The molecule has 2 aliphatic rings. The smallest absolute Gasteiger partial charge is 0.408 e. The molecule has 0 aromatic rings. The predicted octanol–water partition coefficient (Wildman–Crippen LogP) is 2.21. The van der Waals surface area contributed by atoms with Gasteiger partial charge in [0.05, 0.1) is 6.04 Å². The van der Waals surface area contributed by atoms with Crippen LogP contribution in [0.15, 0.2) is 0 Å². The molecule has 0 radical (unpaired) electrons. The van der Waals surface area contributed by atoms with E-state index in [1.54, 1.807) is 0 Å². The third-order valence-electron chi connectivity index (χ3n) is 3.33. The molecular formula is C10H17NO2. The van der Waals surface area contributed by atoms with Crippen LogP contribution >= 0.6 is 0 Å². The Morgan fingerprint density at radius 3 is 2.77 bits per heavy atom. The minimum atomic E-state index is -0.214. The maximum Gasteiger partial charge on any atom is 0.408 e. The molecule has 1 amide bonds. The molecular weight excluding hydrogens is 166 g/mol. The van der Waals surface area contributed by atoms with Crippen molar-refractivity contribution >= 4 is 6.09 Å². The zero-order valence-corrected chi connectivity index (χ0v) is 8.14. The molecule has 3 nitrogen and oxygen atoms in total. The van der Waals surface area contributed by atoms with E-state index in [1.165, 1.54) is 19.3 Å². The Hall–Kier alpha value is -0.730. The average Bonchev–Trinajstić information content (AvgIpc) is 2.43. The van der Waals surface area contributed by atoms with Crippen LogP contribution in [0.5, 0.6) is 0 Å². The van der Waals surface area contributed by atoms with Crippen molar-refractivity contribution in [1.82, 2.24) is 5.32 Å². The number of carbonyl (C=O) groups is 1. The first-order valence-electron chi connectivity index (χ1n) is 5.26. The summed E-state index contributed by atoms with van der Waals surface area (Å²) in [5.41, 5.74) is -0.149. The number of nitrogens with one attached hydrogen (secondary N) is 1. The van der Waals surface area contributed by atoms with E-state index in [9.17, 15) is 4.79 Å². The lowest BCUT2D eigenvalue weighted by atomic mass is 9.79. The fourth-order valence-electron chi connectivity index (χ4n) is 2.63. The maximum atomic E-state index is 11.2. The summed E-state index contributed by atoms with van der Waals surface area (Å²) in [4.78, 5) is 11.2. The second kappa shape index (κ2) is 3.20. The molecule has 2 rings (SSSR count). The molecule has 3 heteroatoms. The van der Waals surface area contributed by atoms with Crippen LogP contribution in [0.2, 0.25) is 0 Å². The summed E-state index contributed by atoms with van der Waals surface area (Å²) >= 11 is 0. The summed E-state index contributed by atoms with van der Waals surface area (Å²) in [6.07, 6.45) is 6.54. The summed E-state index contributed by atoms with van der Waals surface area (Å²) in [7, 11) is 0. The Balaban J connectivity index is 2.13. The van der Waals surface area contributed by atoms with Gasteiger partial charge < -0.3 is 10.1 Å². The largest absolute Gasteiger partial charge is 0.441 e. The lowest BCUT2D eigenvalue weighted by molar-refractivity contribution is 0.00384. The van der Waals surface area contributed by atoms with Crippen molar-refractivity contribution in [3.8, 4) is 0 Å². The molecule has 1 saturated carbocycles. The van der Waals surface area contributed by atoms with Crippen molar-refractivity contribution in [2.45, 2.75) is 57.1 Å². The summed E-state index contributed by atoms with van der Waals surface area (Å²) < 4.78 is 5.44. The van der Waals surface area contributed by atoms with Gasteiger partial charge in [-0.2, -0.15) is 0 Å². The predicted molar refractivity (Wildman–Crippen MR) is 49.5 cm³/mol. The van der Waals surface area contributed by atoms with E-state index in [2.05, 4.69) is 12.2 Å². The van der Waals surface area contributed by atoms with Crippen molar-refractivity contribution in [1.29, 1.82) is 0 Å². The molecule has 1 N–H and O–H groups in total. The highest BCUT2D eigenvalue weighted by molar-refractivity contribution is 5.71. The minimum Gasteiger partial charge on any atom is -0.441 e. The summed E-state index contributed by atoms with van der Waals surface area (Å²) in [5.74, 6) is 0. The van der Waals surface area contributed by atoms with Crippen molar-refractivity contribution < 1.29 is 9.53 Å². The van der Waals surface area contributed by atoms with Crippen molar-refractivity contribution in [2.75, 3.05) is 0 Å². The molecule has 0 aromatic carbocycles. The van der Waals surface area contributed by atoms with E-state index in [4.69, 9.17) is 4.74 Å². The molecule has 74 valence electrons. The third kappa shape index (κ3) is 1.40. The molecule has 0 bridgehead atoms. The van der Waals surface area contributed by atoms with E-state index in [0.29, 0.717) is 0 Å². The Morgan fingerprint density at radius 2 is 2.15 bits per heavy atom. The van der Waals surface area contributed by atoms with E-state index in [1.807, 2.05) is 0 Å². The van der Waals surface area contributed by atoms with E-state index < -0.39 is 0 Å². The van der Waals surface area contributed by atoms with Gasteiger partial charge in [0.1, 0.15) is 5.60 Å². The van der Waals surface area contributed by atoms with Crippen molar-refractivity contribution in [3.63, 3.8) is 0 Å². The number of hydrogen-bond donors (Lipinski definition) is 1. The van der Waals surface area contributed by atoms with Crippen LogP contribution in [0.25, 0.3) is 0 Å². The third-order valence-corrected chi connectivity index (χ3v) is 3.33. The zero-order chi connectivity index (χ0) is 9.31. The molecule has 1 spiro atoms. The minimum absolute atomic E-state index is 0.149. The lowest BCUT2D eigenvalue weighted by Gasteiger charge is -2.35. The first-order chi connectivity index (χ1) is 6.27. The molecule has 13 heavy (non-hydrogen) atoms. The van der Waals surface area contributed by atoms with Gasteiger partial charge in [-0.05, 0) is 32.1 Å². The summed E-state index contributed by atoms with van der Waals surface area (Å²) in [5, 5.41) is 2.90. The quantitative estimate of drug-likeness (QED) is 0.676. The van der Waals surface area contributed by atoms with Crippen LogP contribution < -0.4 is 5.32 Å². The van der Waals surface area contributed by atoms with Crippen LogP contribution in [-0.2, 0) is 4.74 Å². The van der Waals surface area contributed by atoms with Gasteiger partial charge >= 0.3 is 6.09 Å². The second-order valence-corrected chi connectivity index (χ2v) is 4.12. The first kappa shape index (κ1) is 8.85. The van der Waals surface area contributed by atoms with E-state index in [0.717, 1.165) is 19.3 Å². The van der Waals surface area contributed by atoms with Gasteiger partial charge in [-0.25, -0.2) is 4.79 Å². The number of rotatable bonds is 1. The van der Waals surface area contributed by atoms with Crippen LogP contribution in [0, 0.1) is 0 Å². The van der Waals surface area contributed by atoms with Gasteiger partial charge in [0.15, 0.2) is 0 Å². The normalized spacial score (nSPS) is 31.5. The van der Waals surface area contributed by atoms with Crippen LogP contribution in [0.3, 0.4) is 0 Å². The topological polar surface area (TPSA) is 38.3 Å². The standard InChI is InChI=1S/C10H17NO2/c1-2-8-10(13-9(12)11-8)6-4-3-5-7-10/h8H,2-7H2,1H3,(H,11,12)/t8-/m1/s1. The first-order valence-corrected chi connectivity index (χ1v) is 5.26. The lowest BCUT2D eigenvalue weighted by Crippen LogP contribution is -2.44. The van der Waals surface area contributed by atoms with Gasteiger partial charge in [0, 0.05) is 0 Å². The Morgan fingerprint density at radius 1 is 1.46 bits per heavy atom. The van der Waals surface area contributed by atoms with E-state index >= 15 is 0 Å². The van der Waals surface area contributed by atoms with Gasteiger partial charge in [0.25, 0.3) is 0 Å². The van der Waals surface area contributed by atoms with Gasteiger partial charge in [-0.1, -0.05) is 13.3 Å². The number of amides is 1. The van der Waals surface area contributed by atoms with Gasteiger partial charge in [-0.3, -0.25) is 0 Å². The number of alkyl carbamates (subject to hydrolysis) is 1. The van der Waals surface area contributed by atoms with E-state index in [-0.39, 0.29) is 17.7 Å². The highest BCUT2D eigenvalue weighted by Gasteiger charge is 2.48. The van der Waals surface area contributed by atoms with Crippen molar-refractivity contribution in [2.24, 2.45) is 0 Å². The molecule has 1 aliphatic heterocycles. The van der Waals surface area contributed by atoms with Gasteiger partial charge in [0.2, 0.25) is 0 Å². The van der Waals surface area contributed by atoms with Crippen LogP contribution in [0.1, 0.15) is 45.4 Å². The SMILES string of the molecule is CC[C@H]1NC(=O)OC12CCCCC2. The maximum absolute atomic E-state index is 11.2. The number of carbonyl (C=O) groups excluding carboxylic acids is 1. The second-order valence-electron chi connectivity index (χ2n) is 4.12. The summed E-state index contributed by atoms with van der Waals surface area (Å²) in [6, 6.07) is 0.250. The zero-order valence-electron chi connectivity index (χ0n) is 8.14. The fraction of sp³-hybridized carbons (Fsp3) is 0.900. The van der Waals surface area contributed by atoms with Crippen molar-refractivity contribution in [3.05, 3.63) is 0 Å². The molecule has 1 saturated heterocycles. The van der Waals surface area contributed by atoms with Crippen LogP contribution in [0.4, 0.5) is 4.79 Å². The fourth-order valence-corrected chi connectivity index (χ4v) is 2.63. The Labute approximate surface area is 78.8 Å². The number of hydrogen-bond acceptors (Lipinski definition) is 2. The monoisotopic (exact) mass is 183 g/mol. The average molecular weight is 183 g/mol. The molecule has 2 fully saturated rings. The molecule has 1 atom stereocenters. The van der Waals surface area contributed by atoms with Gasteiger partial charge in [-0.15, -0.1) is 0 Å². The Bertz CT molecular complexity index is 209. The highest BCUT2D eigenvalue weighted by Crippen LogP contribution is 2.38. The molecule has 0 aromatic heterocycles. The summed E-state index contributed by atoms with van der Waals surface area (Å²) in [6.45, 7) is 2.11. The van der Waals surface area contributed by atoms with Crippen LogP contribution in [-0.4, -0.2) is 17.7 Å². The molecule has 1 aliphatic carbocycles.